The summed E-state index contributed by atoms with van der Waals surface area (Å²) in [6, 6.07) is 11.0. The Hall–Kier alpha value is -3.66. The highest BCUT2D eigenvalue weighted by molar-refractivity contribution is 7.89. The summed E-state index contributed by atoms with van der Waals surface area (Å²) in [5.41, 5.74) is -0.0705. The quantitative estimate of drug-likeness (QED) is 0.755. The van der Waals surface area contributed by atoms with Crippen molar-refractivity contribution >= 4 is 33.5 Å². The van der Waals surface area contributed by atoms with Crippen molar-refractivity contribution in [2.75, 3.05) is 12.4 Å². The van der Waals surface area contributed by atoms with Crippen molar-refractivity contribution in [1.82, 2.24) is 9.29 Å². The molecule has 2 aliphatic rings. The number of benzene rings is 1. The third kappa shape index (κ3) is 3.34. The third-order valence-electron chi connectivity index (χ3n) is 4.28. The first-order valence-corrected chi connectivity index (χ1v) is 9.92. The van der Waals surface area contributed by atoms with Crippen LogP contribution in [-0.2, 0) is 29.1 Å². The molecule has 4 rings (SSSR count). The van der Waals surface area contributed by atoms with E-state index < -0.39 is 28.2 Å². The van der Waals surface area contributed by atoms with Gasteiger partial charge in [0.25, 0.3) is 22.2 Å². The molecule has 0 saturated carbocycles. The maximum absolute atomic E-state index is 13.0. The number of ether oxygens (including phenoxy) is 2. The highest BCUT2D eigenvalue weighted by Crippen LogP contribution is 2.38. The van der Waals surface area contributed by atoms with Crippen LogP contribution in [0.25, 0.3) is 5.76 Å². The summed E-state index contributed by atoms with van der Waals surface area (Å²) in [6.45, 7) is 0. The molecule has 2 aliphatic heterocycles. The zero-order valence-electron chi connectivity index (χ0n) is 15.1. The van der Waals surface area contributed by atoms with Gasteiger partial charge in [-0.15, -0.1) is 0 Å². The van der Waals surface area contributed by atoms with Crippen LogP contribution < -0.4 is 5.32 Å². The lowest BCUT2D eigenvalue weighted by Gasteiger charge is -2.31. The molecule has 1 atom stereocenters. The molecule has 9 nitrogen and oxygen atoms in total. The van der Waals surface area contributed by atoms with Gasteiger partial charge in [-0.3, -0.25) is 9.10 Å². The average Bonchev–Trinajstić information content (AvgIpc) is 3.12. The van der Waals surface area contributed by atoms with Crippen molar-refractivity contribution < 1.29 is 27.5 Å². The smallest absolute Gasteiger partial charge is 0.334 e. The lowest BCUT2D eigenvalue weighted by Crippen LogP contribution is -2.38. The molecule has 148 valence electrons. The molecule has 10 heteroatoms. The van der Waals surface area contributed by atoms with E-state index in [0.29, 0.717) is 0 Å². The number of carbonyl (C=O) groups excluding carboxylic acids is 2. The number of nitrogens with zero attached hydrogens (tertiary/aromatic N) is 2. The van der Waals surface area contributed by atoms with E-state index in [2.05, 4.69) is 10.3 Å². The van der Waals surface area contributed by atoms with Gasteiger partial charge in [-0.25, -0.2) is 18.2 Å². The molecule has 1 amide bonds. The van der Waals surface area contributed by atoms with Gasteiger partial charge in [-0.1, -0.05) is 18.2 Å². The van der Waals surface area contributed by atoms with Crippen LogP contribution in [0, 0.1) is 0 Å². The van der Waals surface area contributed by atoms with E-state index in [4.69, 9.17) is 9.47 Å². The molecule has 29 heavy (non-hydrogen) atoms. The van der Waals surface area contributed by atoms with Gasteiger partial charge in [0.15, 0.2) is 11.5 Å². The van der Waals surface area contributed by atoms with Crippen LogP contribution in [0.1, 0.15) is 5.56 Å². The first kappa shape index (κ1) is 18.7. The number of likely N-dealkylation sites (N-methyl/N-ethyl adjacent to an activating group) is 1. The largest absolute Gasteiger partial charge is 0.448 e. The first-order valence-electron chi connectivity index (χ1n) is 8.48. The number of carbonyl (C=O) groups is 2. The summed E-state index contributed by atoms with van der Waals surface area (Å²) < 4.78 is 37.5. The Labute approximate surface area is 166 Å². The predicted octanol–water partition coefficient (Wildman–Crippen LogP) is 1.48. The molecule has 1 unspecified atom stereocenters. The summed E-state index contributed by atoms with van der Waals surface area (Å²) in [6.07, 6.45) is 2.96. The minimum absolute atomic E-state index is 0.0276. The Kier molecular flexibility index (Phi) is 4.55. The van der Waals surface area contributed by atoms with E-state index in [0.717, 1.165) is 4.31 Å². The van der Waals surface area contributed by atoms with E-state index in [-0.39, 0.29) is 27.7 Å². The Balaban J connectivity index is 1.83. The zero-order chi connectivity index (χ0) is 20.6. The normalized spacial score (nSPS) is 19.6. The molecular weight excluding hydrogens is 398 g/mol. The van der Waals surface area contributed by atoms with E-state index >= 15 is 0 Å². The van der Waals surface area contributed by atoms with Gasteiger partial charge in [0.1, 0.15) is 5.82 Å². The summed E-state index contributed by atoms with van der Waals surface area (Å²) in [5.74, 6) is -1.13. The van der Waals surface area contributed by atoms with Gasteiger partial charge in [-0.2, -0.15) is 0 Å². The van der Waals surface area contributed by atoms with Crippen molar-refractivity contribution in [2.45, 2.75) is 11.2 Å². The monoisotopic (exact) mass is 413 g/mol. The van der Waals surface area contributed by atoms with Crippen molar-refractivity contribution in [3.05, 3.63) is 72.1 Å². The van der Waals surface area contributed by atoms with Gasteiger partial charge >= 0.3 is 5.97 Å². The van der Waals surface area contributed by atoms with Crippen LogP contribution in [0.3, 0.4) is 0 Å². The van der Waals surface area contributed by atoms with Gasteiger partial charge < -0.3 is 14.8 Å². The number of anilines is 1. The molecule has 3 heterocycles. The minimum Gasteiger partial charge on any atom is -0.448 e. The van der Waals surface area contributed by atoms with Crippen molar-refractivity contribution in [3.63, 3.8) is 0 Å². The van der Waals surface area contributed by atoms with Gasteiger partial charge in [0.05, 0.1) is 4.90 Å². The SMILES string of the molecule is CN1C(C(=O)Nc2ccccn2)=C(OC2C=CC(=O)O2)c2ccccc2S1(=O)=O. The van der Waals surface area contributed by atoms with Crippen LogP contribution >= 0.6 is 0 Å². The second kappa shape index (κ2) is 7.06. The molecule has 1 aromatic carbocycles. The fraction of sp³-hybridized carbons (Fsp3) is 0.105. The average molecular weight is 413 g/mol. The molecule has 0 fully saturated rings. The predicted molar refractivity (Wildman–Crippen MR) is 101 cm³/mol. The van der Waals surface area contributed by atoms with Gasteiger partial charge in [0, 0.05) is 31.0 Å². The third-order valence-corrected chi connectivity index (χ3v) is 6.09. The number of amides is 1. The summed E-state index contributed by atoms with van der Waals surface area (Å²) in [4.78, 5) is 28.4. The second-order valence-electron chi connectivity index (χ2n) is 6.10. The van der Waals surface area contributed by atoms with E-state index in [9.17, 15) is 18.0 Å². The highest BCUT2D eigenvalue weighted by atomic mass is 32.2. The Morgan fingerprint density at radius 2 is 1.97 bits per heavy atom. The number of fused-ring (bicyclic) bond motifs is 1. The first-order chi connectivity index (χ1) is 13.9. The Morgan fingerprint density at radius 1 is 1.21 bits per heavy atom. The number of pyridine rings is 1. The summed E-state index contributed by atoms with van der Waals surface area (Å²) in [7, 11) is -2.75. The van der Waals surface area contributed by atoms with E-state index in [1.54, 1.807) is 30.3 Å². The number of nitrogens with one attached hydrogen (secondary N) is 1. The van der Waals surface area contributed by atoms with Crippen LogP contribution in [0.5, 0.6) is 0 Å². The zero-order valence-corrected chi connectivity index (χ0v) is 15.9. The number of hydrogen-bond donors (Lipinski definition) is 1. The molecule has 0 bridgehead atoms. The second-order valence-corrected chi connectivity index (χ2v) is 8.04. The minimum atomic E-state index is -4.00. The van der Waals surface area contributed by atoms with Crippen LogP contribution in [0.4, 0.5) is 5.82 Å². The van der Waals surface area contributed by atoms with Gasteiger partial charge in [0.2, 0.25) is 0 Å². The maximum atomic E-state index is 13.0. The molecule has 0 radical (unpaired) electrons. The standard InChI is InChI=1S/C19H15N3O6S/c1-22-17(19(24)21-14-8-4-5-11-20-14)18(28-16-10-9-15(23)27-16)12-6-2-3-7-13(12)29(22,25)26/h2-11,16H,1H3,(H,20,21,24). The molecule has 0 aliphatic carbocycles. The van der Waals surface area contributed by atoms with Crippen LogP contribution in [-0.4, -0.2) is 42.9 Å². The number of aromatic nitrogens is 1. The molecule has 0 saturated heterocycles. The fourth-order valence-electron chi connectivity index (χ4n) is 2.92. The molecule has 1 aromatic heterocycles. The maximum Gasteiger partial charge on any atom is 0.334 e. The van der Waals surface area contributed by atoms with E-state index in [1.165, 1.54) is 37.5 Å². The summed E-state index contributed by atoms with van der Waals surface area (Å²) in [5, 5.41) is 2.55. The highest BCUT2D eigenvalue weighted by Gasteiger charge is 2.40. The fourth-order valence-corrected chi connectivity index (χ4v) is 4.32. The van der Waals surface area contributed by atoms with Crippen LogP contribution in [0.15, 0.2) is 71.4 Å². The number of hydrogen-bond acceptors (Lipinski definition) is 7. The molecule has 0 spiro atoms. The Morgan fingerprint density at radius 3 is 2.66 bits per heavy atom. The molecular formula is C19H15N3O6S. The van der Waals surface area contributed by atoms with Gasteiger partial charge in [-0.05, 0) is 24.3 Å². The molecule has 1 N–H and O–H groups in total. The van der Waals surface area contributed by atoms with E-state index in [1.807, 2.05) is 0 Å². The number of esters is 1. The number of cyclic esters (lactones) is 1. The van der Waals surface area contributed by atoms with Crippen molar-refractivity contribution in [1.29, 1.82) is 0 Å². The molecule has 2 aromatic rings. The Bertz CT molecular complexity index is 1160. The lowest BCUT2D eigenvalue weighted by molar-refractivity contribution is -0.150. The lowest BCUT2D eigenvalue weighted by atomic mass is 10.1. The van der Waals surface area contributed by atoms with Crippen molar-refractivity contribution in [3.8, 4) is 0 Å². The van der Waals surface area contributed by atoms with Crippen LogP contribution in [0.2, 0.25) is 0 Å². The summed E-state index contributed by atoms with van der Waals surface area (Å²) >= 11 is 0. The topological polar surface area (TPSA) is 115 Å². The number of sulfonamides is 1. The van der Waals surface area contributed by atoms with Crippen molar-refractivity contribution in [2.24, 2.45) is 0 Å². The number of rotatable bonds is 4.